The van der Waals surface area contributed by atoms with Gasteiger partial charge in [0.05, 0.1) is 5.39 Å². The molecule has 0 bridgehead atoms. The lowest BCUT2D eigenvalue weighted by atomic mass is 9.86. The van der Waals surface area contributed by atoms with Crippen LogP contribution in [0, 0.1) is 19.8 Å². The molecule has 3 aromatic rings. The van der Waals surface area contributed by atoms with Crippen LogP contribution >= 0.6 is 11.3 Å². The number of anilines is 1. The normalized spacial score (nSPS) is 20.8. The Morgan fingerprint density at radius 2 is 1.92 bits per heavy atom. The summed E-state index contributed by atoms with van der Waals surface area (Å²) in [6.45, 7) is 6.68. The fourth-order valence-corrected chi connectivity index (χ4v) is 4.91. The Kier molecular flexibility index (Phi) is 4.46. The third-order valence-corrected chi connectivity index (χ3v) is 6.36. The second-order valence-corrected chi connectivity index (χ2v) is 8.24. The highest BCUT2D eigenvalue weighted by Crippen LogP contribution is 2.39. The van der Waals surface area contributed by atoms with E-state index in [2.05, 4.69) is 59.6 Å². The van der Waals surface area contributed by atoms with Crippen LogP contribution in [-0.4, -0.2) is 16.0 Å². The highest BCUT2D eigenvalue weighted by atomic mass is 32.1. The molecule has 2 heterocycles. The van der Waals surface area contributed by atoms with Gasteiger partial charge in [0, 0.05) is 17.0 Å². The number of fused-ring (bicyclic) bond motifs is 1. The number of hydrogen-bond acceptors (Lipinski definition) is 4. The Morgan fingerprint density at radius 3 is 2.72 bits per heavy atom. The standard InChI is InChI=1S/C21H25N3S/c1-13-8-9-16(15(3)10-13)17-11-25-21-19(17)20(22-12-23-21)24-18-7-5-4-6-14(18)2/h8-12,14,18H,4-7H2,1-3H3,(H,22,23,24). The Hall–Kier alpha value is -1.94. The fourth-order valence-electron chi connectivity index (χ4n) is 4.00. The molecule has 2 aromatic heterocycles. The average molecular weight is 352 g/mol. The molecule has 130 valence electrons. The second-order valence-electron chi connectivity index (χ2n) is 7.38. The first-order valence-electron chi connectivity index (χ1n) is 9.20. The first kappa shape index (κ1) is 16.5. The fraction of sp³-hybridized carbons (Fsp3) is 0.429. The van der Waals surface area contributed by atoms with Crippen molar-refractivity contribution < 1.29 is 0 Å². The van der Waals surface area contributed by atoms with E-state index in [0.29, 0.717) is 12.0 Å². The molecule has 1 saturated carbocycles. The Balaban J connectivity index is 1.79. The summed E-state index contributed by atoms with van der Waals surface area (Å²) in [6, 6.07) is 7.18. The van der Waals surface area contributed by atoms with E-state index < -0.39 is 0 Å². The number of rotatable bonds is 3. The molecule has 1 fully saturated rings. The van der Waals surface area contributed by atoms with Crippen LogP contribution in [-0.2, 0) is 0 Å². The molecule has 1 aliphatic rings. The van der Waals surface area contributed by atoms with Gasteiger partial charge in [-0.3, -0.25) is 0 Å². The van der Waals surface area contributed by atoms with E-state index in [9.17, 15) is 0 Å². The van der Waals surface area contributed by atoms with Crippen LogP contribution in [0.15, 0.2) is 29.9 Å². The lowest BCUT2D eigenvalue weighted by molar-refractivity contribution is 0.349. The van der Waals surface area contributed by atoms with Crippen molar-refractivity contribution in [3.8, 4) is 11.1 Å². The summed E-state index contributed by atoms with van der Waals surface area (Å²) < 4.78 is 0. The minimum Gasteiger partial charge on any atom is -0.366 e. The minimum absolute atomic E-state index is 0.513. The summed E-state index contributed by atoms with van der Waals surface area (Å²) in [5, 5.41) is 7.16. The zero-order valence-electron chi connectivity index (χ0n) is 15.2. The minimum atomic E-state index is 0.513. The van der Waals surface area contributed by atoms with Gasteiger partial charge in [-0.1, -0.05) is 43.5 Å². The van der Waals surface area contributed by atoms with Crippen molar-refractivity contribution in [3.05, 3.63) is 41.0 Å². The van der Waals surface area contributed by atoms with Gasteiger partial charge >= 0.3 is 0 Å². The molecule has 25 heavy (non-hydrogen) atoms. The molecule has 0 radical (unpaired) electrons. The van der Waals surface area contributed by atoms with Gasteiger partial charge in [0.25, 0.3) is 0 Å². The van der Waals surface area contributed by atoms with E-state index in [-0.39, 0.29) is 0 Å². The highest BCUT2D eigenvalue weighted by Gasteiger charge is 2.23. The first-order valence-corrected chi connectivity index (χ1v) is 10.1. The van der Waals surface area contributed by atoms with Crippen LogP contribution in [0.2, 0.25) is 0 Å². The molecule has 0 spiro atoms. The van der Waals surface area contributed by atoms with Crippen molar-refractivity contribution in [2.75, 3.05) is 5.32 Å². The van der Waals surface area contributed by atoms with E-state index in [1.807, 2.05) is 0 Å². The van der Waals surface area contributed by atoms with Gasteiger partial charge < -0.3 is 5.32 Å². The Morgan fingerprint density at radius 1 is 1.08 bits per heavy atom. The number of aromatic nitrogens is 2. The van der Waals surface area contributed by atoms with Crippen molar-refractivity contribution in [2.24, 2.45) is 5.92 Å². The zero-order chi connectivity index (χ0) is 17.4. The Bertz CT molecular complexity index is 899. The number of thiophene rings is 1. The average Bonchev–Trinajstić information content (AvgIpc) is 3.02. The summed E-state index contributed by atoms with van der Waals surface area (Å²) >= 11 is 1.71. The molecule has 4 heteroatoms. The summed E-state index contributed by atoms with van der Waals surface area (Å²) in [6.07, 6.45) is 6.89. The predicted octanol–water partition coefficient (Wildman–Crippen LogP) is 5.97. The van der Waals surface area contributed by atoms with Gasteiger partial charge in [0.15, 0.2) is 0 Å². The smallest absolute Gasteiger partial charge is 0.139 e. The number of aryl methyl sites for hydroxylation is 2. The van der Waals surface area contributed by atoms with Crippen molar-refractivity contribution >= 4 is 27.4 Å². The van der Waals surface area contributed by atoms with E-state index in [0.717, 1.165) is 10.6 Å². The maximum Gasteiger partial charge on any atom is 0.139 e. The predicted molar refractivity (Wildman–Crippen MR) is 107 cm³/mol. The highest BCUT2D eigenvalue weighted by molar-refractivity contribution is 7.17. The Labute approximate surface area is 153 Å². The molecular formula is C21H25N3S. The molecule has 2 atom stereocenters. The van der Waals surface area contributed by atoms with Crippen molar-refractivity contribution in [1.29, 1.82) is 0 Å². The molecule has 0 saturated heterocycles. The van der Waals surface area contributed by atoms with Gasteiger partial charge in [-0.25, -0.2) is 9.97 Å². The van der Waals surface area contributed by atoms with Gasteiger partial charge in [-0.2, -0.15) is 0 Å². The molecular weight excluding hydrogens is 326 g/mol. The maximum atomic E-state index is 4.63. The van der Waals surface area contributed by atoms with Gasteiger partial charge in [0.2, 0.25) is 0 Å². The van der Waals surface area contributed by atoms with Crippen LogP contribution in [0.3, 0.4) is 0 Å². The SMILES string of the molecule is Cc1ccc(-c2csc3ncnc(NC4CCCCC4C)c23)c(C)c1. The van der Waals surface area contributed by atoms with Crippen molar-refractivity contribution in [1.82, 2.24) is 9.97 Å². The molecule has 1 N–H and O–H groups in total. The first-order chi connectivity index (χ1) is 12.1. The zero-order valence-corrected chi connectivity index (χ0v) is 16.0. The quantitative estimate of drug-likeness (QED) is 0.632. The van der Waals surface area contributed by atoms with Crippen LogP contribution in [0.5, 0.6) is 0 Å². The summed E-state index contributed by atoms with van der Waals surface area (Å²) in [7, 11) is 0. The van der Waals surface area contributed by atoms with E-state index in [4.69, 9.17) is 0 Å². The van der Waals surface area contributed by atoms with Gasteiger partial charge in [-0.15, -0.1) is 11.3 Å². The van der Waals surface area contributed by atoms with Crippen LogP contribution < -0.4 is 5.32 Å². The summed E-state index contributed by atoms with van der Waals surface area (Å²) in [5.74, 6) is 1.70. The largest absolute Gasteiger partial charge is 0.366 e. The van der Waals surface area contributed by atoms with E-state index >= 15 is 0 Å². The molecule has 2 unspecified atom stereocenters. The lowest BCUT2D eigenvalue weighted by Gasteiger charge is -2.30. The molecule has 3 nitrogen and oxygen atoms in total. The van der Waals surface area contributed by atoms with Crippen LogP contribution in [0.25, 0.3) is 21.3 Å². The lowest BCUT2D eigenvalue weighted by Crippen LogP contribution is -2.30. The number of hydrogen-bond donors (Lipinski definition) is 1. The summed E-state index contributed by atoms with van der Waals surface area (Å²) in [4.78, 5) is 10.2. The molecule has 0 amide bonds. The second kappa shape index (κ2) is 6.75. The van der Waals surface area contributed by atoms with E-state index in [1.54, 1.807) is 17.7 Å². The number of nitrogens with one attached hydrogen (secondary N) is 1. The molecule has 1 aromatic carbocycles. The van der Waals surface area contributed by atoms with Gasteiger partial charge in [-0.05, 0) is 43.7 Å². The topological polar surface area (TPSA) is 37.8 Å². The van der Waals surface area contributed by atoms with Gasteiger partial charge in [0.1, 0.15) is 17.0 Å². The molecule has 1 aliphatic carbocycles. The maximum absolute atomic E-state index is 4.63. The summed E-state index contributed by atoms with van der Waals surface area (Å²) in [5.41, 5.74) is 5.14. The van der Waals surface area contributed by atoms with E-state index in [1.165, 1.54) is 53.3 Å². The third kappa shape index (κ3) is 3.15. The monoisotopic (exact) mass is 351 g/mol. The molecule has 4 rings (SSSR count). The number of nitrogens with zero attached hydrogens (tertiary/aromatic N) is 2. The van der Waals surface area contributed by atoms with Crippen molar-refractivity contribution in [2.45, 2.75) is 52.5 Å². The molecule has 0 aliphatic heterocycles. The van der Waals surface area contributed by atoms with Crippen molar-refractivity contribution in [3.63, 3.8) is 0 Å². The third-order valence-electron chi connectivity index (χ3n) is 5.48. The van der Waals surface area contributed by atoms with Crippen LogP contribution in [0.4, 0.5) is 5.82 Å². The number of benzene rings is 1. The van der Waals surface area contributed by atoms with Crippen LogP contribution in [0.1, 0.15) is 43.7 Å².